The van der Waals surface area contributed by atoms with E-state index in [2.05, 4.69) is 15.9 Å². The van der Waals surface area contributed by atoms with Gasteiger partial charge in [0.2, 0.25) is 5.91 Å². The summed E-state index contributed by atoms with van der Waals surface area (Å²) >= 11 is 3.28. The Morgan fingerprint density at radius 1 is 1.15 bits per heavy atom. The average Bonchev–Trinajstić information content (AvgIpc) is 2.34. The first kappa shape index (κ1) is 15.9. The number of benzene rings is 1. The highest BCUT2D eigenvalue weighted by Crippen LogP contribution is 2.12. The van der Waals surface area contributed by atoms with Crippen LogP contribution in [0, 0.1) is 0 Å². The summed E-state index contributed by atoms with van der Waals surface area (Å²) in [5.74, 6) is -3.21. The summed E-state index contributed by atoms with van der Waals surface area (Å²) in [7, 11) is 0. The third-order valence-electron chi connectivity index (χ3n) is 2.23. The number of halogens is 1. The molecule has 1 rings (SSSR count). The first-order valence-corrected chi connectivity index (χ1v) is 6.34. The number of amides is 1. The molecule has 2 N–H and O–H groups in total. The van der Waals surface area contributed by atoms with E-state index < -0.39 is 30.9 Å². The molecule has 7 heteroatoms. The van der Waals surface area contributed by atoms with E-state index in [-0.39, 0.29) is 0 Å². The van der Waals surface area contributed by atoms with Crippen molar-refractivity contribution in [1.29, 1.82) is 0 Å². The molecule has 106 valence electrons. The second-order valence-corrected chi connectivity index (χ2v) is 4.79. The topological polar surface area (TPSA) is 94.9 Å². The molecule has 0 spiro atoms. The summed E-state index contributed by atoms with van der Waals surface area (Å²) in [6, 6.07) is 7.12. The standard InChI is InChI=1S/C13H12BrNO5/c14-10-3-1-2-9(6-10)4-5-11(16)15(7-12(17)18)8-13(19)20/h1-6H,7-8H2,(H,17,18)(H,19,20). The number of carboxylic acids is 2. The van der Waals surface area contributed by atoms with Gasteiger partial charge in [0.05, 0.1) is 0 Å². The number of hydrogen-bond donors (Lipinski definition) is 2. The zero-order chi connectivity index (χ0) is 15.1. The van der Waals surface area contributed by atoms with Gasteiger partial charge in [-0.15, -0.1) is 0 Å². The highest BCUT2D eigenvalue weighted by atomic mass is 79.9. The van der Waals surface area contributed by atoms with Crippen molar-refractivity contribution in [2.75, 3.05) is 13.1 Å². The largest absolute Gasteiger partial charge is 0.480 e. The molecule has 20 heavy (non-hydrogen) atoms. The summed E-state index contributed by atoms with van der Waals surface area (Å²) in [5, 5.41) is 17.3. The Kier molecular flexibility index (Phi) is 5.92. The molecule has 0 aliphatic carbocycles. The van der Waals surface area contributed by atoms with E-state index in [0.29, 0.717) is 0 Å². The van der Waals surface area contributed by atoms with Crippen LogP contribution in [-0.4, -0.2) is 46.0 Å². The van der Waals surface area contributed by atoms with E-state index in [0.717, 1.165) is 21.0 Å². The summed E-state index contributed by atoms with van der Waals surface area (Å²) < 4.78 is 0.833. The van der Waals surface area contributed by atoms with Gasteiger partial charge in [0.15, 0.2) is 0 Å². The molecule has 0 bridgehead atoms. The van der Waals surface area contributed by atoms with Crippen LogP contribution in [-0.2, 0) is 14.4 Å². The number of rotatable bonds is 6. The molecule has 0 aliphatic heterocycles. The Bertz CT molecular complexity index is 539. The SMILES string of the molecule is O=C(O)CN(CC(=O)O)C(=O)C=Cc1cccc(Br)c1. The fraction of sp³-hybridized carbons (Fsp3) is 0.154. The monoisotopic (exact) mass is 341 g/mol. The number of carbonyl (C=O) groups excluding carboxylic acids is 1. The summed E-state index contributed by atoms with van der Waals surface area (Å²) in [6.45, 7) is -1.32. The third kappa shape index (κ3) is 5.66. The lowest BCUT2D eigenvalue weighted by atomic mass is 10.2. The number of hydrogen-bond acceptors (Lipinski definition) is 3. The fourth-order valence-electron chi connectivity index (χ4n) is 1.42. The predicted molar refractivity (Wildman–Crippen MR) is 75.0 cm³/mol. The second kappa shape index (κ2) is 7.44. The van der Waals surface area contributed by atoms with E-state index in [1.165, 1.54) is 6.08 Å². The minimum absolute atomic E-state index is 0.659. The van der Waals surface area contributed by atoms with Gasteiger partial charge in [-0.1, -0.05) is 28.1 Å². The van der Waals surface area contributed by atoms with Crippen molar-refractivity contribution in [2.45, 2.75) is 0 Å². The van der Waals surface area contributed by atoms with Gasteiger partial charge < -0.3 is 15.1 Å². The van der Waals surface area contributed by atoms with Crippen LogP contribution in [0.1, 0.15) is 5.56 Å². The van der Waals surface area contributed by atoms with E-state index in [1.54, 1.807) is 18.2 Å². The predicted octanol–water partition coefficient (Wildman–Crippen LogP) is 1.46. The van der Waals surface area contributed by atoms with Crippen LogP contribution < -0.4 is 0 Å². The van der Waals surface area contributed by atoms with Crippen LogP contribution in [0.15, 0.2) is 34.8 Å². The molecule has 1 amide bonds. The lowest BCUT2D eigenvalue weighted by Gasteiger charge is -2.16. The molecule has 0 radical (unpaired) electrons. The Morgan fingerprint density at radius 2 is 1.75 bits per heavy atom. The van der Waals surface area contributed by atoms with Gasteiger partial charge in [-0.05, 0) is 23.8 Å². The Balaban J connectivity index is 2.79. The van der Waals surface area contributed by atoms with Crippen molar-refractivity contribution < 1.29 is 24.6 Å². The zero-order valence-corrected chi connectivity index (χ0v) is 11.9. The van der Waals surface area contributed by atoms with Crippen LogP contribution in [0.3, 0.4) is 0 Å². The maximum Gasteiger partial charge on any atom is 0.323 e. The summed E-state index contributed by atoms with van der Waals surface area (Å²) in [6.07, 6.45) is 2.64. The van der Waals surface area contributed by atoms with Gasteiger partial charge in [-0.25, -0.2) is 0 Å². The third-order valence-corrected chi connectivity index (χ3v) is 2.72. The maximum atomic E-state index is 11.8. The summed E-state index contributed by atoms with van der Waals surface area (Å²) in [4.78, 5) is 33.7. The summed E-state index contributed by atoms with van der Waals surface area (Å²) in [5.41, 5.74) is 0.735. The van der Waals surface area contributed by atoms with Crippen molar-refractivity contribution >= 4 is 39.9 Å². The molecule has 0 saturated carbocycles. The van der Waals surface area contributed by atoms with Crippen molar-refractivity contribution in [3.8, 4) is 0 Å². The van der Waals surface area contributed by atoms with Gasteiger partial charge in [0.1, 0.15) is 13.1 Å². The minimum Gasteiger partial charge on any atom is -0.480 e. The highest BCUT2D eigenvalue weighted by molar-refractivity contribution is 9.10. The highest BCUT2D eigenvalue weighted by Gasteiger charge is 2.17. The van der Waals surface area contributed by atoms with E-state index >= 15 is 0 Å². The van der Waals surface area contributed by atoms with E-state index in [4.69, 9.17) is 10.2 Å². The van der Waals surface area contributed by atoms with E-state index in [9.17, 15) is 14.4 Å². The number of carbonyl (C=O) groups is 3. The Labute approximate surface area is 123 Å². The lowest BCUT2D eigenvalue weighted by Crippen LogP contribution is -2.38. The van der Waals surface area contributed by atoms with Gasteiger partial charge in [-0.2, -0.15) is 0 Å². The van der Waals surface area contributed by atoms with Crippen molar-refractivity contribution in [3.63, 3.8) is 0 Å². The zero-order valence-electron chi connectivity index (χ0n) is 10.3. The van der Waals surface area contributed by atoms with Gasteiger partial charge in [0.25, 0.3) is 0 Å². The molecule has 0 saturated heterocycles. The average molecular weight is 342 g/mol. The molecule has 0 aliphatic rings. The van der Waals surface area contributed by atoms with Crippen LogP contribution in [0.4, 0.5) is 0 Å². The van der Waals surface area contributed by atoms with Crippen molar-refractivity contribution in [2.24, 2.45) is 0 Å². The smallest absolute Gasteiger partial charge is 0.323 e. The first-order chi connectivity index (χ1) is 9.38. The quantitative estimate of drug-likeness (QED) is 0.764. The first-order valence-electron chi connectivity index (χ1n) is 5.54. The van der Waals surface area contributed by atoms with Gasteiger partial charge in [0, 0.05) is 10.5 Å². The number of aliphatic carboxylic acids is 2. The molecule has 0 atom stereocenters. The molecule has 1 aromatic rings. The molecular weight excluding hydrogens is 330 g/mol. The van der Waals surface area contributed by atoms with Crippen molar-refractivity contribution in [3.05, 3.63) is 40.4 Å². The molecule has 6 nitrogen and oxygen atoms in total. The van der Waals surface area contributed by atoms with Crippen LogP contribution in [0.25, 0.3) is 6.08 Å². The molecule has 0 fully saturated rings. The fourth-order valence-corrected chi connectivity index (χ4v) is 1.84. The Hall–Kier alpha value is -2.15. The number of nitrogens with zero attached hydrogens (tertiary/aromatic N) is 1. The molecular formula is C13H12BrNO5. The Morgan fingerprint density at radius 3 is 2.25 bits per heavy atom. The van der Waals surface area contributed by atoms with Crippen molar-refractivity contribution in [1.82, 2.24) is 4.90 Å². The molecule has 0 heterocycles. The van der Waals surface area contributed by atoms with Gasteiger partial charge in [-0.3, -0.25) is 14.4 Å². The van der Waals surface area contributed by atoms with E-state index in [1.807, 2.05) is 6.07 Å². The number of carboxylic acid groups (broad SMARTS) is 2. The molecule has 0 unspecified atom stereocenters. The van der Waals surface area contributed by atoms with Crippen LogP contribution in [0.5, 0.6) is 0 Å². The second-order valence-electron chi connectivity index (χ2n) is 3.87. The lowest BCUT2D eigenvalue weighted by molar-refractivity contribution is -0.147. The molecule has 1 aromatic carbocycles. The van der Waals surface area contributed by atoms with Gasteiger partial charge >= 0.3 is 11.9 Å². The maximum absolute atomic E-state index is 11.8. The van der Waals surface area contributed by atoms with Crippen LogP contribution >= 0.6 is 15.9 Å². The normalized spacial score (nSPS) is 10.4. The van der Waals surface area contributed by atoms with Crippen LogP contribution in [0.2, 0.25) is 0 Å². The minimum atomic E-state index is -1.27. The molecule has 0 aromatic heterocycles.